The first-order valence-corrected chi connectivity index (χ1v) is 8.73. The van der Waals surface area contributed by atoms with Crippen molar-refractivity contribution in [3.63, 3.8) is 0 Å². The van der Waals surface area contributed by atoms with Gasteiger partial charge in [-0.15, -0.1) is 0 Å². The van der Waals surface area contributed by atoms with E-state index in [9.17, 15) is 9.59 Å². The Bertz CT molecular complexity index is 599. The Kier molecular flexibility index (Phi) is 4.35. The monoisotopic (exact) mass is 329 g/mol. The van der Waals surface area contributed by atoms with E-state index < -0.39 is 0 Å². The molecule has 0 bridgehead atoms. The second-order valence-electron chi connectivity index (χ2n) is 6.75. The molecule has 0 unspecified atom stereocenters. The highest BCUT2D eigenvalue weighted by atomic mass is 16.5. The van der Waals surface area contributed by atoms with Crippen LogP contribution in [-0.4, -0.2) is 78.6 Å². The van der Waals surface area contributed by atoms with Crippen LogP contribution in [0.3, 0.4) is 0 Å². The van der Waals surface area contributed by atoms with Crippen molar-refractivity contribution in [2.75, 3.05) is 46.1 Å². The third-order valence-electron chi connectivity index (χ3n) is 5.25. The van der Waals surface area contributed by atoms with E-state index in [0.29, 0.717) is 11.1 Å². The largest absolute Gasteiger partial charge is 0.379 e. The molecule has 0 N–H and O–H groups in total. The van der Waals surface area contributed by atoms with Crippen molar-refractivity contribution in [1.82, 2.24) is 14.7 Å². The van der Waals surface area contributed by atoms with E-state index in [4.69, 9.17) is 4.74 Å². The minimum atomic E-state index is -0.123. The molecule has 0 saturated carbocycles. The van der Waals surface area contributed by atoms with E-state index in [1.165, 1.54) is 4.90 Å². The van der Waals surface area contributed by atoms with Crippen LogP contribution in [0.5, 0.6) is 0 Å². The molecule has 2 amide bonds. The van der Waals surface area contributed by atoms with Crippen LogP contribution in [0.25, 0.3) is 0 Å². The Morgan fingerprint density at radius 2 is 1.42 bits per heavy atom. The highest BCUT2D eigenvalue weighted by molar-refractivity contribution is 6.21. The van der Waals surface area contributed by atoms with E-state index in [1.54, 1.807) is 12.1 Å². The number of benzene rings is 1. The molecule has 0 atom stereocenters. The van der Waals surface area contributed by atoms with Gasteiger partial charge in [0.25, 0.3) is 11.8 Å². The number of amides is 2. The van der Waals surface area contributed by atoms with E-state index in [2.05, 4.69) is 9.80 Å². The second kappa shape index (κ2) is 6.63. The van der Waals surface area contributed by atoms with Crippen molar-refractivity contribution in [3.05, 3.63) is 35.4 Å². The third kappa shape index (κ3) is 2.85. The molecule has 4 rings (SSSR count). The lowest BCUT2D eigenvalue weighted by Crippen LogP contribution is -2.51. The summed E-state index contributed by atoms with van der Waals surface area (Å²) in [6.45, 7) is 6.40. The van der Waals surface area contributed by atoms with Gasteiger partial charge in [0.2, 0.25) is 0 Å². The fourth-order valence-corrected chi connectivity index (χ4v) is 3.88. The molecule has 0 aromatic heterocycles. The lowest BCUT2D eigenvalue weighted by molar-refractivity contribution is 0.000328. The molecule has 24 heavy (non-hydrogen) atoms. The molecular weight excluding hydrogens is 306 g/mol. The maximum Gasteiger partial charge on any atom is 0.261 e. The predicted molar refractivity (Wildman–Crippen MR) is 88.8 cm³/mol. The van der Waals surface area contributed by atoms with Gasteiger partial charge in [0.1, 0.15) is 0 Å². The van der Waals surface area contributed by atoms with E-state index >= 15 is 0 Å². The van der Waals surface area contributed by atoms with Crippen molar-refractivity contribution in [2.24, 2.45) is 0 Å². The molecule has 6 nitrogen and oxygen atoms in total. The summed E-state index contributed by atoms with van der Waals surface area (Å²) >= 11 is 0. The van der Waals surface area contributed by atoms with Gasteiger partial charge in [0, 0.05) is 32.2 Å². The summed E-state index contributed by atoms with van der Waals surface area (Å²) in [7, 11) is 0. The van der Waals surface area contributed by atoms with Gasteiger partial charge in [-0.05, 0) is 25.0 Å². The van der Waals surface area contributed by atoms with Crippen molar-refractivity contribution >= 4 is 11.8 Å². The van der Waals surface area contributed by atoms with Gasteiger partial charge in [0.15, 0.2) is 0 Å². The Morgan fingerprint density at radius 3 is 2.00 bits per heavy atom. The topological polar surface area (TPSA) is 53.1 Å². The van der Waals surface area contributed by atoms with Gasteiger partial charge in [0.05, 0.1) is 31.0 Å². The number of hydrogen-bond acceptors (Lipinski definition) is 5. The number of carbonyl (C=O) groups is 2. The number of hydrogen-bond donors (Lipinski definition) is 0. The first kappa shape index (κ1) is 15.7. The zero-order chi connectivity index (χ0) is 16.5. The third-order valence-corrected chi connectivity index (χ3v) is 5.25. The minimum absolute atomic E-state index is 0.0262. The molecule has 3 aliphatic rings. The highest BCUT2D eigenvalue weighted by Crippen LogP contribution is 2.28. The fraction of sp³-hybridized carbons (Fsp3) is 0.556. The molecule has 6 heteroatoms. The molecule has 2 fully saturated rings. The summed E-state index contributed by atoms with van der Waals surface area (Å²) in [6, 6.07) is 7.17. The van der Waals surface area contributed by atoms with Crippen molar-refractivity contribution < 1.29 is 14.3 Å². The lowest BCUT2D eigenvalue weighted by Gasteiger charge is -2.38. The van der Waals surface area contributed by atoms with Gasteiger partial charge in [-0.2, -0.15) is 0 Å². The number of morpholine rings is 1. The highest BCUT2D eigenvalue weighted by Gasteiger charge is 2.40. The van der Waals surface area contributed by atoms with Crippen LogP contribution in [-0.2, 0) is 4.74 Å². The van der Waals surface area contributed by atoms with Crippen LogP contribution in [0.15, 0.2) is 24.3 Å². The number of ether oxygens (including phenoxy) is 1. The molecule has 2 saturated heterocycles. The summed E-state index contributed by atoms with van der Waals surface area (Å²) in [4.78, 5) is 31.5. The number of likely N-dealkylation sites (tertiary alicyclic amines) is 1. The normalized spacial score (nSPS) is 23.8. The zero-order valence-electron chi connectivity index (χ0n) is 13.8. The summed E-state index contributed by atoms with van der Waals surface area (Å²) in [5, 5.41) is 0. The standard InChI is InChI=1S/C18H23N3O3/c22-17-15-3-1-2-4-16(15)18(23)21(17)14-5-7-19(8-6-14)13-20-9-11-24-12-10-20/h1-4,14H,5-13H2. The van der Waals surface area contributed by atoms with Crippen molar-refractivity contribution in [2.45, 2.75) is 18.9 Å². The number of nitrogens with zero attached hydrogens (tertiary/aromatic N) is 3. The van der Waals surface area contributed by atoms with Crippen LogP contribution >= 0.6 is 0 Å². The quantitative estimate of drug-likeness (QED) is 0.776. The second-order valence-corrected chi connectivity index (χ2v) is 6.75. The summed E-state index contributed by atoms with van der Waals surface area (Å²) in [5.74, 6) is -0.246. The molecule has 3 aliphatic heterocycles. The average molecular weight is 329 g/mol. The van der Waals surface area contributed by atoms with Gasteiger partial charge < -0.3 is 4.74 Å². The van der Waals surface area contributed by atoms with Crippen molar-refractivity contribution in [1.29, 1.82) is 0 Å². The first-order chi connectivity index (χ1) is 11.7. The smallest absolute Gasteiger partial charge is 0.261 e. The van der Waals surface area contributed by atoms with Gasteiger partial charge in [-0.25, -0.2) is 0 Å². The molecule has 0 radical (unpaired) electrons. The summed E-state index contributed by atoms with van der Waals surface area (Å²) in [5.41, 5.74) is 1.11. The maximum atomic E-state index is 12.6. The Morgan fingerprint density at radius 1 is 0.875 bits per heavy atom. The summed E-state index contributed by atoms with van der Waals surface area (Å²) in [6.07, 6.45) is 1.71. The maximum absolute atomic E-state index is 12.6. The molecular formula is C18H23N3O3. The van der Waals surface area contributed by atoms with E-state index in [0.717, 1.165) is 58.9 Å². The van der Waals surface area contributed by atoms with Crippen LogP contribution in [0.4, 0.5) is 0 Å². The number of fused-ring (bicyclic) bond motifs is 1. The van der Waals surface area contributed by atoms with Crippen molar-refractivity contribution in [3.8, 4) is 0 Å². The Hall–Kier alpha value is -1.76. The zero-order valence-corrected chi connectivity index (χ0v) is 13.8. The van der Waals surface area contributed by atoms with Crippen LogP contribution in [0.2, 0.25) is 0 Å². The number of carbonyl (C=O) groups excluding carboxylic acids is 2. The number of imide groups is 1. The van der Waals surface area contributed by atoms with Gasteiger partial charge >= 0.3 is 0 Å². The molecule has 128 valence electrons. The Labute approximate surface area is 142 Å². The average Bonchev–Trinajstić information content (AvgIpc) is 2.88. The first-order valence-electron chi connectivity index (χ1n) is 8.73. The fourth-order valence-electron chi connectivity index (χ4n) is 3.88. The van der Waals surface area contributed by atoms with Crippen LogP contribution in [0, 0.1) is 0 Å². The van der Waals surface area contributed by atoms with Gasteiger partial charge in [-0.1, -0.05) is 12.1 Å². The van der Waals surface area contributed by atoms with E-state index in [1.807, 2.05) is 12.1 Å². The number of piperidine rings is 1. The minimum Gasteiger partial charge on any atom is -0.379 e. The lowest BCUT2D eigenvalue weighted by atomic mass is 10.0. The molecule has 1 aromatic carbocycles. The molecule has 3 heterocycles. The Balaban J connectivity index is 1.36. The van der Waals surface area contributed by atoms with Crippen LogP contribution in [0.1, 0.15) is 33.6 Å². The molecule has 1 aromatic rings. The number of rotatable bonds is 3. The molecule has 0 spiro atoms. The SMILES string of the molecule is O=C1c2ccccc2C(=O)N1C1CCN(CN2CCOCC2)CC1. The molecule has 0 aliphatic carbocycles. The predicted octanol–water partition coefficient (Wildman–Crippen LogP) is 1.04. The van der Waals surface area contributed by atoms with E-state index in [-0.39, 0.29) is 17.9 Å². The summed E-state index contributed by atoms with van der Waals surface area (Å²) < 4.78 is 5.39. The van der Waals surface area contributed by atoms with Gasteiger partial charge in [-0.3, -0.25) is 24.3 Å². The van der Waals surface area contributed by atoms with Crippen LogP contribution < -0.4 is 0 Å².